The SMILES string of the molecule is OC[C@H]1O[C@H](OCc2cc(-c3ccc(-c4cc(CO[C@H]5O[C@H](CO)[C@@H](O)[C@H](O)[C@@H]5O)on4)cc3)no2)[C@@H](O)[C@@H](O)[C@@H]1O. The third-order valence-electron chi connectivity index (χ3n) is 7.07. The van der Waals surface area contributed by atoms with Crippen molar-refractivity contribution in [1.29, 1.82) is 0 Å². The van der Waals surface area contributed by atoms with Crippen molar-refractivity contribution in [3.8, 4) is 22.5 Å². The fourth-order valence-corrected chi connectivity index (χ4v) is 4.58. The number of aromatic nitrogens is 2. The molecule has 4 heterocycles. The van der Waals surface area contributed by atoms with E-state index in [0.717, 1.165) is 0 Å². The molecule has 2 aromatic heterocycles. The van der Waals surface area contributed by atoms with Crippen LogP contribution in [0, 0.1) is 0 Å². The molecule has 0 spiro atoms. The molecule has 2 fully saturated rings. The van der Waals surface area contributed by atoms with Gasteiger partial charge in [0, 0.05) is 23.3 Å². The third kappa shape index (κ3) is 6.40. The summed E-state index contributed by atoms with van der Waals surface area (Å²) in [5, 5.41) is 86.3. The van der Waals surface area contributed by atoms with Crippen LogP contribution >= 0.6 is 0 Å². The molecule has 0 saturated carbocycles. The molecule has 16 nitrogen and oxygen atoms in total. The second kappa shape index (κ2) is 13.2. The van der Waals surface area contributed by atoms with E-state index in [0.29, 0.717) is 34.0 Å². The molecule has 230 valence electrons. The molecule has 16 heteroatoms. The summed E-state index contributed by atoms with van der Waals surface area (Å²) in [5.41, 5.74) is 2.39. The Morgan fingerprint density at radius 1 is 0.571 bits per heavy atom. The molecule has 2 aliphatic rings. The average Bonchev–Trinajstić information content (AvgIpc) is 3.68. The number of hydrogen-bond acceptors (Lipinski definition) is 16. The Kier molecular flexibility index (Phi) is 9.63. The van der Waals surface area contributed by atoms with Gasteiger partial charge in [0.1, 0.15) is 73.4 Å². The number of rotatable bonds is 10. The van der Waals surface area contributed by atoms with Crippen molar-refractivity contribution in [2.45, 2.75) is 74.6 Å². The molecular formula is C26H32N2O14. The van der Waals surface area contributed by atoms with Crippen LogP contribution in [-0.2, 0) is 32.2 Å². The maximum absolute atomic E-state index is 10.1. The molecule has 2 aliphatic heterocycles. The number of aliphatic hydroxyl groups is 8. The Labute approximate surface area is 237 Å². The quantitative estimate of drug-likeness (QED) is 0.122. The van der Waals surface area contributed by atoms with Gasteiger partial charge in [-0.3, -0.25) is 0 Å². The topological polar surface area (TPSA) is 251 Å². The van der Waals surface area contributed by atoms with Crippen LogP contribution in [0.4, 0.5) is 0 Å². The van der Waals surface area contributed by atoms with E-state index in [9.17, 15) is 40.9 Å². The minimum Gasteiger partial charge on any atom is -0.394 e. The van der Waals surface area contributed by atoms with Crippen molar-refractivity contribution in [3.05, 3.63) is 47.9 Å². The van der Waals surface area contributed by atoms with Crippen LogP contribution < -0.4 is 0 Å². The Morgan fingerprint density at radius 2 is 0.952 bits per heavy atom. The van der Waals surface area contributed by atoms with Crippen molar-refractivity contribution in [3.63, 3.8) is 0 Å². The van der Waals surface area contributed by atoms with Crippen LogP contribution in [0.3, 0.4) is 0 Å². The summed E-state index contributed by atoms with van der Waals surface area (Å²) in [4.78, 5) is 0. The highest BCUT2D eigenvalue weighted by Gasteiger charge is 2.45. The van der Waals surface area contributed by atoms with Crippen LogP contribution in [0.1, 0.15) is 11.5 Å². The third-order valence-corrected chi connectivity index (χ3v) is 7.07. The molecule has 0 bridgehead atoms. The number of benzene rings is 1. The van der Waals surface area contributed by atoms with E-state index in [1.807, 2.05) is 0 Å². The predicted octanol–water partition coefficient (Wildman–Crippen LogP) is -2.37. The monoisotopic (exact) mass is 596 g/mol. The van der Waals surface area contributed by atoms with Crippen molar-refractivity contribution in [1.82, 2.24) is 10.3 Å². The summed E-state index contributed by atoms with van der Waals surface area (Å²) in [6.45, 7) is -1.47. The Morgan fingerprint density at radius 3 is 1.31 bits per heavy atom. The smallest absolute Gasteiger partial charge is 0.187 e. The lowest BCUT2D eigenvalue weighted by atomic mass is 9.99. The maximum atomic E-state index is 10.1. The zero-order valence-electron chi connectivity index (χ0n) is 22.0. The lowest BCUT2D eigenvalue weighted by molar-refractivity contribution is -0.305. The second-order valence-electron chi connectivity index (χ2n) is 9.95. The zero-order valence-corrected chi connectivity index (χ0v) is 22.0. The molecule has 0 amide bonds. The highest BCUT2D eigenvalue weighted by molar-refractivity contribution is 5.66. The molecule has 0 aliphatic carbocycles. The Hall–Kier alpha value is -2.84. The number of hydrogen-bond donors (Lipinski definition) is 8. The summed E-state index contributed by atoms with van der Waals surface area (Å²) in [6.07, 6.45) is -13.9. The summed E-state index contributed by atoms with van der Waals surface area (Å²) in [5.74, 6) is 0.596. The average molecular weight is 597 g/mol. The van der Waals surface area contributed by atoms with Gasteiger partial charge in [-0.15, -0.1) is 0 Å². The number of nitrogens with zero attached hydrogens (tertiary/aromatic N) is 2. The first-order valence-electron chi connectivity index (χ1n) is 13.1. The molecule has 3 aromatic rings. The van der Waals surface area contributed by atoms with Gasteiger partial charge < -0.3 is 68.8 Å². The highest BCUT2D eigenvalue weighted by Crippen LogP contribution is 2.28. The van der Waals surface area contributed by atoms with E-state index in [4.69, 9.17) is 28.0 Å². The van der Waals surface area contributed by atoms with E-state index in [-0.39, 0.29) is 13.2 Å². The van der Waals surface area contributed by atoms with Gasteiger partial charge in [0.2, 0.25) is 0 Å². The van der Waals surface area contributed by atoms with Crippen LogP contribution in [0.5, 0.6) is 0 Å². The van der Waals surface area contributed by atoms with Crippen molar-refractivity contribution >= 4 is 0 Å². The second-order valence-corrected chi connectivity index (χ2v) is 9.95. The van der Waals surface area contributed by atoms with Gasteiger partial charge in [-0.25, -0.2) is 0 Å². The van der Waals surface area contributed by atoms with Crippen molar-refractivity contribution in [2.75, 3.05) is 13.2 Å². The lowest BCUT2D eigenvalue weighted by Gasteiger charge is -2.39. The fourth-order valence-electron chi connectivity index (χ4n) is 4.58. The van der Waals surface area contributed by atoms with Gasteiger partial charge >= 0.3 is 0 Å². The van der Waals surface area contributed by atoms with Crippen LogP contribution in [-0.4, -0.2) is 126 Å². The van der Waals surface area contributed by atoms with Crippen LogP contribution in [0.15, 0.2) is 45.4 Å². The van der Waals surface area contributed by atoms with E-state index < -0.39 is 74.6 Å². The van der Waals surface area contributed by atoms with Gasteiger partial charge in [-0.1, -0.05) is 34.6 Å². The van der Waals surface area contributed by atoms with Gasteiger partial charge in [-0.05, 0) is 0 Å². The van der Waals surface area contributed by atoms with Crippen LogP contribution in [0.2, 0.25) is 0 Å². The molecule has 0 radical (unpaired) electrons. The van der Waals surface area contributed by atoms with Crippen LogP contribution in [0.25, 0.3) is 22.5 Å². The molecule has 42 heavy (non-hydrogen) atoms. The molecule has 8 N–H and O–H groups in total. The molecule has 5 rings (SSSR count). The fraction of sp³-hybridized carbons (Fsp3) is 0.538. The Balaban J connectivity index is 1.15. The van der Waals surface area contributed by atoms with Crippen molar-refractivity contribution < 1.29 is 68.8 Å². The van der Waals surface area contributed by atoms with E-state index in [2.05, 4.69) is 10.3 Å². The van der Waals surface area contributed by atoms with Gasteiger partial charge in [-0.2, -0.15) is 0 Å². The summed E-state index contributed by atoms with van der Waals surface area (Å²) in [7, 11) is 0. The number of ether oxygens (including phenoxy) is 4. The molecule has 10 atom stereocenters. The van der Waals surface area contributed by atoms with E-state index >= 15 is 0 Å². The molecule has 0 unspecified atom stereocenters. The predicted molar refractivity (Wildman–Crippen MR) is 135 cm³/mol. The largest absolute Gasteiger partial charge is 0.394 e. The maximum Gasteiger partial charge on any atom is 0.187 e. The van der Waals surface area contributed by atoms with E-state index in [1.165, 1.54) is 0 Å². The lowest BCUT2D eigenvalue weighted by Crippen LogP contribution is -2.59. The minimum atomic E-state index is -1.56. The highest BCUT2D eigenvalue weighted by atomic mass is 16.7. The first kappa shape index (κ1) is 30.6. The summed E-state index contributed by atoms with van der Waals surface area (Å²) < 4.78 is 32.1. The van der Waals surface area contributed by atoms with Gasteiger partial charge in [0.05, 0.1) is 13.2 Å². The van der Waals surface area contributed by atoms with Crippen molar-refractivity contribution in [2.24, 2.45) is 0 Å². The van der Waals surface area contributed by atoms with Gasteiger partial charge in [0.25, 0.3) is 0 Å². The number of aliphatic hydroxyl groups excluding tert-OH is 8. The molecule has 1 aromatic carbocycles. The molecule has 2 saturated heterocycles. The standard InChI is InChI=1S/C26H32N2O14/c29-7-17-19(31)21(33)23(35)25(39-17)37-9-13-5-15(27-41-13)11-1-2-12(4-3-11)16-6-14(42-28-16)10-38-26-24(36)22(34)20(32)18(8-30)40-26/h1-6,17-26,29-36H,7-10H2/t17-,18-,19-,20-,21+,22+,23+,24+,25+,26+/m1/s1. The summed E-state index contributed by atoms with van der Waals surface area (Å²) >= 11 is 0. The Bertz CT molecular complexity index is 1180. The zero-order chi connectivity index (χ0) is 30.0. The summed E-state index contributed by atoms with van der Waals surface area (Å²) in [6, 6.07) is 10.3. The first-order valence-corrected chi connectivity index (χ1v) is 13.1. The van der Waals surface area contributed by atoms with E-state index in [1.54, 1.807) is 36.4 Å². The normalized spacial score (nSPS) is 33.6. The minimum absolute atomic E-state index is 0.166. The molecular weight excluding hydrogens is 564 g/mol. The van der Waals surface area contributed by atoms with Gasteiger partial charge in [0.15, 0.2) is 24.1 Å². The first-order chi connectivity index (χ1) is 20.2.